The number of pyridine rings is 1. The van der Waals surface area contributed by atoms with Crippen LogP contribution in [0.5, 0.6) is 0 Å². The number of carbonyl (C=O) groups excluding carboxylic acids is 1. The number of thioether (sulfide) groups is 1. The molecule has 128 valence electrons. The van der Waals surface area contributed by atoms with Gasteiger partial charge in [-0.15, -0.1) is 5.10 Å². The summed E-state index contributed by atoms with van der Waals surface area (Å²) < 4.78 is 13.8. The third-order valence-electron chi connectivity index (χ3n) is 3.26. The number of hydrogen-bond acceptors (Lipinski definition) is 5. The number of halogens is 2. The Kier molecular flexibility index (Phi) is 5.30. The molecule has 0 spiro atoms. The zero-order chi connectivity index (χ0) is 17.8. The minimum Gasteiger partial charge on any atom is -0.322 e. The molecule has 0 saturated carbocycles. The van der Waals surface area contributed by atoms with Crippen LogP contribution in [0, 0.1) is 5.82 Å². The maximum Gasteiger partial charge on any atom is 0.237 e. The lowest BCUT2D eigenvalue weighted by Gasteiger charge is -2.10. The van der Waals surface area contributed by atoms with E-state index in [1.165, 1.54) is 12.3 Å². The summed E-state index contributed by atoms with van der Waals surface area (Å²) in [5.41, 5.74) is 0.754. The van der Waals surface area contributed by atoms with Crippen molar-refractivity contribution in [1.82, 2.24) is 20.2 Å². The molecule has 1 aromatic carbocycles. The Hall–Kier alpha value is -2.45. The van der Waals surface area contributed by atoms with Crippen molar-refractivity contribution in [3.05, 3.63) is 53.6 Å². The molecule has 1 unspecified atom stereocenters. The zero-order valence-corrected chi connectivity index (χ0v) is 14.6. The average molecular weight is 378 g/mol. The van der Waals surface area contributed by atoms with Gasteiger partial charge in [0.1, 0.15) is 5.82 Å². The highest BCUT2D eigenvalue weighted by Crippen LogP contribution is 2.25. The quantitative estimate of drug-likeness (QED) is 0.522. The van der Waals surface area contributed by atoms with E-state index in [2.05, 4.69) is 25.5 Å². The van der Waals surface area contributed by atoms with E-state index in [1.54, 1.807) is 37.3 Å². The van der Waals surface area contributed by atoms with Gasteiger partial charge in [-0.2, -0.15) is 0 Å². The number of H-pyrrole nitrogens is 1. The van der Waals surface area contributed by atoms with Crippen LogP contribution in [-0.2, 0) is 4.79 Å². The maximum absolute atomic E-state index is 13.8. The van der Waals surface area contributed by atoms with Gasteiger partial charge in [0.2, 0.25) is 11.1 Å². The molecular formula is C16H13ClFN5OS. The first-order chi connectivity index (χ1) is 12.0. The predicted octanol–water partition coefficient (Wildman–Crippen LogP) is 3.78. The van der Waals surface area contributed by atoms with Gasteiger partial charge in [-0.25, -0.2) is 14.4 Å². The van der Waals surface area contributed by atoms with Gasteiger partial charge in [-0.3, -0.25) is 9.89 Å². The molecule has 2 N–H and O–H groups in total. The Morgan fingerprint density at radius 1 is 1.32 bits per heavy atom. The van der Waals surface area contributed by atoms with Gasteiger partial charge in [0, 0.05) is 6.20 Å². The third kappa shape index (κ3) is 4.15. The minimum atomic E-state index is -0.486. The van der Waals surface area contributed by atoms with Crippen molar-refractivity contribution >= 4 is 35.0 Å². The first-order valence-corrected chi connectivity index (χ1v) is 8.55. The number of nitrogens with one attached hydrogen (secondary N) is 2. The second kappa shape index (κ2) is 7.62. The van der Waals surface area contributed by atoms with E-state index < -0.39 is 11.1 Å². The summed E-state index contributed by atoms with van der Waals surface area (Å²) in [6.07, 6.45) is 1.54. The molecule has 25 heavy (non-hydrogen) atoms. The first-order valence-electron chi connectivity index (χ1n) is 7.30. The number of hydrogen-bond donors (Lipinski definition) is 2. The highest BCUT2D eigenvalue weighted by molar-refractivity contribution is 8.00. The van der Waals surface area contributed by atoms with Gasteiger partial charge < -0.3 is 5.32 Å². The second-order valence-electron chi connectivity index (χ2n) is 5.04. The van der Waals surface area contributed by atoms with E-state index >= 15 is 0 Å². The van der Waals surface area contributed by atoms with E-state index in [4.69, 9.17) is 11.6 Å². The lowest BCUT2D eigenvalue weighted by atomic mass is 10.2. The Balaban J connectivity index is 1.67. The highest BCUT2D eigenvalue weighted by Gasteiger charge is 2.19. The van der Waals surface area contributed by atoms with Crippen molar-refractivity contribution in [2.75, 3.05) is 5.32 Å². The average Bonchev–Trinajstić information content (AvgIpc) is 3.05. The van der Waals surface area contributed by atoms with Crippen molar-refractivity contribution in [3.63, 3.8) is 0 Å². The fourth-order valence-electron chi connectivity index (χ4n) is 2.00. The highest BCUT2D eigenvalue weighted by atomic mass is 35.5. The van der Waals surface area contributed by atoms with Crippen LogP contribution in [-0.4, -0.2) is 31.3 Å². The van der Waals surface area contributed by atoms with Crippen molar-refractivity contribution in [3.8, 4) is 11.4 Å². The number of aromatic amines is 1. The summed E-state index contributed by atoms with van der Waals surface area (Å²) in [6, 6.07) is 9.59. The van der Waals surface area contributed by atoms with Crippen molar-refractivity contribution in [1.29, 1.82) is 0 Å². The van der Waals surface area contributed by atoms with E-state index in [-0.39, 0.29) is 11.1 Å². The summed E-state index contributed by atoms with van der Waals surface area (Å²) >= 11 is 7.07. The lowest BCUT2D eigenvalue weighted by molar-refractivity contribution is -0.115. The fraction of sp³-hybridized carbons (Fsp3) is 0.125. The minimum absolute atomic E-state index is 0.216. The molecule has 0 saturated heterocycles. The summed E-state index contributed by atoms with van der Waals surface area (Å²) in [6.45, 7) is 1.71. The van der Waals surface area contributed by atoms with Crippen LogP contribution in [0.2, 0.25) is 5.15 Å². The molecule has 1 amide bonds. The molecule has 0 radical (unpaired) electrons. The molecule has 0 fully saturated rings. The van der Waals surface area contributed by atoms with Crippen molar-refractivity contribution in [2.45, 2.75) is 17.3 Å². The number of benzene rings is 1. The van der Waals surface area contributed by atoms with Gasteiger partial charge in [-0.1, -0.05) is 35.5 Å². The molecule has 6 nitrogen and oxygen atoms in total. The maximum atomic E-state index is 13.8. The van der Waals surface area contributed by atoms with Crippen LogP contribution >= 0.6 is 23.4 Å². The summed E-state index contributed by atoms with van der Waals surface area (Å²) in [7, 11) is 0. The van der Waals surface area contributed by atoms with Gasteiger partial charge in [0.15, 0.2) is 11.0 Å². The van der Waals surface area contributed by atoms with Gasteiger partial charge in [0.25, 0.3) is 0 Å². The molecule has 2 heterocycles. The van der Waals surface area contributed by atoms with Crippen molar-refractivity contribution < 1.29 is 9.18 Å². The fourth-order valence-corrected chi connectivity index (χ4v) is 2.89. The normalized spacial score (nSPS) is 12.0. The van der Waals surface area contributed by atoms with E-state index in [9.17, 15) is 9.18 Å². The number of aromatic nitrogens is 4. The van der Waals surface area contributed by atoms with Gasteiger partial charge >= 0.3 is 0 Å². The molecule has 0 bridgehead atoms. The van der Waals surface area contributed by atoms with Crippen LogP contribution in [0.3, 0.4) is 0 Å². The number of rotatable bonds is 5. The number of nitrogens with zero attached hydrogens (tertiary/aromatic N) is 3. The number of amides is 1. The first kappa shape index (κ1) is 17.4. The monoisotopic (exact) mass is 377 g/mol. The SMILES string of the molecule is CC(Sc1n[nH]c(-c2ccccc2F)n1)C(=O)Nc1cccnc1Cl. The van der Waals surface area contributed by atoms with Crippen LogP contribution in [0.15, 0.2) is 47.8 Å². The predicted molar refractivity (Wildman–Crippen MR) is 95.0 cm³/mol. The number of carbonyl (C=O) groups is 1. The molecule has 9 heteroatoms. The Bertz CT molecular complexity index is 903. The molecule has 2 aromatic heterocycles. The molecule has 0 aliphatic rings. The Morgan fingerprint density at radius 2 is 2.12 bits per heavy atom. The van der Waals surface area contributed by atoms with Crippen LogP contribution in [0.25, 0.3) is 11.4 Å². The Morgan fingerprint density at radius 3 is 2.88 bits per heavy atom. The molecular weight excluding hydrogens is 365 g/mol. The van der Waals surface area contributed by atoms with E-state index in [1.807, 2.05) is 0 Å². The summed E-state index contributed by atoms with van der Waals surface area (Å²) in [5, 5.41) is 9.48. The summed E-state index contributed by atoms with van der Waals surface area (Å²) in [5.74, 6) is -0.354. The standard InChI is InChI=1S/C16H13ClFN5OS/c1-9(15(24)20-12-7-4-8-19-13(12)17)25-16-21-14(22-23-16)10-5-2-3-6-11(10)18/h2-9H,1H3,(H,20,24)(H,21,22,23). The van der Waals surface area contributed by atoms with Crippen LogP contribution < -0.4 is 5.32 Å². The number of anilines is 1. The van der Waals surface area contributed by atoms with Gasteiger partial charge in [-0.05, 0) is 31.2 Å². The summed E-state index contributed by atoms with van der Waals surface area (Å²) in [4.78, 5) is 20.4. The Labute approximate surface area is 152 Å². The smallest absolute Gasteiger partial charge is 0.237 e. The van der Waals surface area contributed by atoms with E-state index in [0.29, 0.717) is 22.2 Å². The lowest BCUT2D eigenvalue weighted by Crippen LogP contribution is -2.22. The molecule has 0 aliphatic heterocycles. The third-order valence-corrected chi connectivity index (χ3v) is 4.52. The molecule has 1 atom stereocenters. The largest absolute Gasteiger partial charge is 0.322 e. The van der Waals surface area contributed by atoms with Crippen LogP contribution in [0.4, 0.5) is 10.1 Å². The molecule has 0 aliphatic carbocycles. The van der Waals surface area contributed by atoms with E-state index in [0.717, 1.165) is 11.8 Å². The van der Waals surface area contributed by atoms with Crippen LogP contribution in [0.1, 0.15) is 6.92 Å². The molecule has 3 rings (SSSR count). The van der Waals surface area contributed by atoms with Crippen molar-refractivity contribution in [2.24, 2.45) is 0 Å². The second-order valence-corrected chi connectivity index (χ2v) is 6.70. The van der Waals surface area contributed by atoms with Gasteiger partial charge in [0.05, 0.1) is 16.5 Å². The topological polar surface area (TPSA) is 83.6 Å². The zero-order valence-electron chi connectivity index (χ0n) is 13.0. The molecule has 3 aromatic rings.